The minimum absolute atomic E-state index is 0.00280. The third-order valence-electron chi connectivity index (χ3n) is 5.25. The van der Waals surface area contributed by atoms with Crippen LogP contribution < -0.4 is 0 Å². The van der Waals surface area contributed by atoms with Crippen molar-refractivity contribution < 1.29 is 27.9 Å². The molecular formula is C18H23NO6S. The first kappa shape index (κ1) is 18.8. The molecule has 0 radical (unpaired) electrons. The number of sulfonamides is 1. The molecule has 3 unspecified atom stereocenters. The molecule has 1 aromatic rings. The molecule has 3 rings (SSSR count). The number of ether oxygens (including phenoxy) is 1. The van der Waals surface area contributed by atoms with Crippen LogP contribution in [0.25, 0.3) is 0 Å². The van der Waals surface area contributed by atoms with E-state index in [0.717, 1.165) is 19.3 Å². The third kappa shape index (κ3) is 3.35. The second kappa shape index (κ2) is 7.36. The van der Waals surface area contributed by atoms with E-state index in [-0.39, 0.29) is 29.0 Å². The highest BCUT2D eigenvalue weighted by Gasteiger charge is 2.51. The van der Waals surface area contributed by atoms with Crippen molar-refractivity contribution in [2.45, 2.75) is 56.0 Å². The topological polar surface area (TPSA) is 101 Å². The number of carboxylic acid groups (broad SMARTS) is 1. The van der Waals surface area contributed by atoms with Gasteiger partial charge in [0.05, 0.1) is 17.1 Å². The maximum absolute atomic E-state index is 13.2. The van der Waals surface area contributed by atoms with Crippen LogP contribution in [0.2, 0.25) is 0 Å². The van der Waals surface area contributed by atoms with Crippen LogP contribution in [0.1, 0.15) is 49.4 Å². The van der Waals surface area contributed by atoms with E-state index in [1.807, 2.05) is 0 Å². The van der Waals surface area contributed by atoms with Crippen molar-refractivity contribution in [1.82, 2.24) is 4.31 Å². The summed E-state index contributed by atoms with van der Waals surface area (Å²) in [6, 6.07) is 4.19. The van der Waals surface area contributed by atoms with Gasteiger partial charge < -0.3 is 9.84 Å². The number of carboxylic acids is 1. The first-order valence-electron chi connectivity index (χ1n) is 8.89. The Morgan fingerprint density at radius 1 is 1.19 bits per heavy atom. The molecule has 1 aromatic carbocycles. The molecule has 2 fully saturated rings. The van der Waals surface area contributed by atoms with Crippen LogP contribution in [-0.2, 0) is 19.6 Å². The molecule has 1 N–H and O–H groups in total. The van der Waals surface area contributed by atoms with E-state index in [0.29, 0.717) is 12.8 Å². The Bertz CT molecular complexity index is 788. The molecule has 1 aliphatic carbocycles. The van der Waals surface area contributed by atoms with Crippen molar-refractivity contribution in [1.29, 1.82) is 0 Å². The van der Waals surface area contributed by atoms with Gasteiger partial charge >= 0.3 is 11.9 Å². The zero-order chi connectivity index (χ0) is 18.9. The monoisotopic (exact) mass is 381 g/mol. The molecule has 0 spiro atoms. The highest BCUT2D eigenvalue weighted by atomic mass is 32.2. The van der Waals surface area contributed by atoms with E-state index in [9.17, 15) is 23.1 Å². The number of aliphatic carboxylic acids is 1. The van der Waals surface area contributed by atoms with Gasteiger partial charge in [-0.3, -0.25) is 4.79 Å². The fourth-order valence-electron chi connectivity index (χ4n) is 4.07. The summed E-state index contributed by atoms with van der Waals surface area (Å²) in [6.45, 7) is 1.92. The Hall–Kier alpha value is -1.93. The molecule has 26 heavy (non-hydrogen) atoms. The molecule has 142 valence electrons. The quantitative estimate of drug-likeness (QED) is 0.785. The van der Waals surface area contributed by atoms with E-state index >= 15 is 0 Å². The van der Waals surface area contributed by atoms with Gasteiger partial charge in [0.25, 0.3) is 0 Å². The summed E-state index contributed by atoms with van der Waals surface area (Å²) < 4.78 is 32.4. The van der Waals surface area contributed by atoms with Crippen LogP contribution in [0.5, 0.6) is 0 Å². The summed E-state index contributed by atoms with van der Waals surface area (Å²) in [6.07, 6.45) is 3.83. The molecule has 1 saturated carbocycles. The van der Waals surface area contributed by atoms with Crippen LogP contribution in [-0.4, -0.2) is 48.5 Å². The Kier molecular flexibility index (Phi) is 5.34. The van der Waals surface area contributed by atoms with Crippen molar-refractivity contribution >= 4 is 22.0 Å². The van der Waals surface area contributed by atoms with Gasteiger partial charge in [-0.25, -0.2) is 13.2 Å². The van der Waals surface area contributed by atoms with Crippen LogP contribution in [0, 0.1) is 5.92 Å². The fourth-order valence-corrected chi connectivity index (χ4v) is 5.94. The lowest BCUT2D eigenvalue weighted by Crippen LogP contribution is -2.46. The number of hydrogen-bond donors (Lipinski definition) is 1. The lowest BCUT2D eigenvalue weighted by atomic mass is 9.85. The Balaban J connectivity index is 1.92. The Labute approximate surface area is 153 Å². The first-order valence-corrected chi connectivity index (χ1v) is 10.3. The minimum Gasteiger partial charge on any atom is -0.480 e. The summed E-state index contributed by atoms with van der Waals surface area (Å²) in [5.41, 5.74) is 0.262. The predicted molar refractivity (Wildman–Crippen MR) is 93.2 cm³/mol. The van der Waals surface area contributed by atoms with Crippen molar-refractivity contribution in [3.05, 3.63) is 29.8 Å². The van der Waals surface area contributed by atoms with Gasteiger partial charge in [-0.05, 0) is 56.4 Å². The molecule has 0 bridgehead atoms. The average Bonchev–Trinajstić information content (AvgIpc) is 3.03. The van der Waals surface area contributed by atoms with E-state index < -0.39 is 28.0 Å². The maximum Gasteiger partial charge on any atom is 0.338 e. The number of benzene rings is 1. The average molecular weight is 381 g/mol. The second-order valence-electron chi connectivity index (χ2n) is 6.78. The SMILES string of the molecule is CCOC(=O)c1ccc(S(=O)(=O)N2C(C(=O)O)CC3CCCCC32)cc1. The minimum atomic E-state index is -3.96. The van der Waals surface area contributed by atoms with Gasteiger partial charge in [0, 0.05) is 6.04 Å². The van der Waals surface area contributed by atoms with Crippen molar-refractivity contribution in [3.8, 4) is 0 Å². The number of carbonyl (C=O) groups excluding carboxylic acids is 1. The summed E-state index contributed by atoms with van der Waals surface area (Å²) in [7, 11) is -3.96. The van der Waals surface area contributed by atoms with Crippen molar-refractivity contribution in [3.63, 3.8) is 0 Å². The van der Waals surface area contributed by atoms with E-state index in [1.54, 1.807) is 6.92 Å². The lowest BCUT2D eigenvalue weighted by Gasteiger charge is -2.32. The number of rotatable bonds is 5. The standard InChI is InChI=1S/C18H23NO6S/c1-2-25-18(22)12-7-9-14(10-8-12)26(23,24)19-15-6-4-3-5-13(15)11-16(19)17(20)21/h7-10,13,15-16H,2-6,11H2,1H3,(H,20,21). The largest absolute Gasteiger partial charge is 0.480 e. The molecule has 1 aliphatic heterocycles. The van der Waals surface area contributed by atoms with Gasteiger partial charge in [-0.1, -0.05) is 12.8 Å². The van der Waals surface area contributed by atoms with Crippen molar-refractivity contribution in [2.75, 3.05) is 6.61 Å². The first-order chi connectivity index (χ1) is 12.4. The predicted octanol–water partition coefficient (Wildman–Crippen LogP) is 2.27. The normalized spacial score (nSPS) is 26.3. The van der Waals surface area contributed by atoms with Gasteiger partial charge in [0.15, 0.2) is 0 Å². The third-order valence-corrected chi connectivity index (χ3v) is 7.20. The summed E-state index contributed by atoms with van der Waals surface area (Å²) >= 11 is 0. The number of nitrogens with zero attached hydrogens (tertiary/aromatic N) is 1. The van der Waals surface area contributed by atoms with Crippen LogP contribution in [0.15, 0.2) is 29.2 Å². The van der Waals surface area contributed by atoms with E-state index in [2.05, 4.69) is 0 Å². The highest BCUT2D eigenvalue weighted by molar-refractivity contribution is 7.89. The van der Waals surface area contributed by atoms with Gasteiger partial charge in [0.2, 0.25) is 10.0 Å². The molecule has 1 heterocycles. The highest BCUT2D eigenvalue weighted by Crippen LogP contribution is 2.42. The van der Waals surface area contributed by atoms with Crippen molar-refractivity contribution in [2.24, 2.45) is 5.92 Å². The molecule has 1 saturated heterocycles. The smallest absolute Gasteiger partial charge is 0.338 e. The van der Waals surface area contributed by atoms with E-state index in [4.69, 9.17) is 4.74 Å². The van der Waals surface area contributed by atoms with E-state index in [1.165, 1.54) is 28.6 Å². The summed E-state index contributed by atoms with van der Waals surface area (Å²) in [5, 5.41) is 9.55. The fraction of sp³-hybridized carbons (Fsp3) is 0.556. The molecular weight excluding hydrogens is 358 g/mol. The van der Waals surface area contributed by atoms with Gasteiger partial charge in [0.1, 0.15) is 6.04 Å². The number of hydrogen-bond acceptors (Lipinski definition) is 5. The van der Waals surface area contributed by atoms with Crippen LogP contribution in [0.4, 0.5) is 0 Å². The zero-order valence-electron chi connectivity index (χ0n) is 14.6. The number of esters is 1. The number of fused-ring (bicyclic) bond motifs is 1. The summed E-state index contributed by atoms with van der Waals surface area (Å²) in [4.78, 5) is 23.4. The Morgan fingerprint density at radius 2 is 1.85 bits per heavy atom. The molecule has 0 amide bonds. The Morgan fingerprint density at radius 3 is 2.46 bits per heavy atom. The van der Waals surface area contributed by atoms with Crippen LogP contribution >= 0.6 is 0 Å². The van der Waals surface area contributed by atoms with Gasteiger partial charge in [-0.2, -0.15) is 4.31 Å². The molecule has 3 atom stereocenters. The summed E-state index contributed by atoms with van der Waals surface area (Å²) in [5.74, 6) is -1.53. The molecule has 2 aliphatic rings. The maximum atomic E-state index is 13.2. The van der Waals surface area contributed by atoms with Crippen LogP contribution in [0.3, 0.4) is 0 Å². The molecule has 7 nitrogen and oxygen atoms in total. The van der Waals surface area contributed by atoms with Gasteiger partial charge in [-0.15, -0.1) is 0 Å². The molecule has 0 aromatic heterocycles. The lowest BCUT2D eigenvalue weighted by molar-refractivity contribution is -0.141. The number of carbonyl (C=O) groups is 2. The zero-order valence-corrected chi connectivity index (χ0v) is 15.4. The molecule has 8 heteroatoms. The second-order valence-corrected chi connectivity index (χ2v) is 8.62.